The van der Waals surface area contributed by atoms with Crippen molar-refractivity contribution in [3.8, 4) is 5.69 Å². The molecule has 2 amide bonds. The summed E-state index contributed by atoms with van der Waals surface area (Å²) in [5.41, 5.74) is 4.97. The Morgan fingerprint density at radius 1 is 0.714 bits per heavy atom. The molecule has 0 aliphatic carbocycles. The number of hydrogen-bond donors (Lipinski definition) is 4. The molecule has 77 heavy (non-hydrogen) atoms. The normalized spacial score (nSPS) is 23.7. The summed E-state index contributed by atoms with van der Waals surface area (Å²) in [6.07, 6.45) is 1.34. The van der Waals surface area contributed by atoms with Gasteiger partial charge in [-0.2, -0.15) is 10.2 Å². The molecular weight excluding hydrogens is 1020 g/mol. The van der Waals surface area contributed by atoms with Gasteiger partial charge in [0.05, 0.1) is 42.5 Å². The molecule has 6 heterocycles. The molecule has 2 fully saturated rings. The van der Waals surface area contributed by atoms with Crippen LogP contribution in [0.2, 0.25) is 55.9 Å². The molecule has 21 heteroatoms. The highest BCUT2D eigenvalue weighted by atomic mass is 28.4. The number of carbonyl (C=O) groups excluding carboxylic acids is 2. The Morgan fingerprint density at radius 3 is 1.45 bits per heavy atom. The Bertz CT molecular complexity index is 3100. The van der Waals surface area contributed by atoms with Gasteiger partial charge >= 0.3 is 5.72 Å². The Morgan fingerprint density at radius 2 is 1.10 bits per heavy atom. The minimum atomic E-state index is -2.25. The Balaban J connectivity index is 0.000000226. The molecule has 2 saturated heterocycles. The molecule has 18 nitrogen and oxygen atoms in total. The van der Waals surface area contributed by atoms with Gasteiger partial charge in [-0.25, -0.2) is 30.8 Å². The van der Waals surface area contributed by atoms with Crippen LogP contribution in [0, 0.1) is 29.4 Å². The number of fused-ring (bicyclic) bond motifs is 2. The first-order valence-corrected chi connectivity index (χ1v) is 35.4. The van der Waals surface area contributed by atoms with Crippen LogP contribution in [0.15, 0.2) is 97.6 Å². The zero-order valence-electron chi connectivity index (χ0n) is 47.5. The maximum atomic E-state index is 12.8. The number of amides is 2. The van der Waals surface area contributed by atoms with Crippen LogP contribution in [0.5, 0.6) is 0 Å². The third-order valence-electron chi connectivity index (χ3n) is 15.5. The van der Waals surface area contributed by atoms with E-state index in [0.717, 1.165) is 5.69 Å². The monoisotopic (exact) mass is 1100 g/mol. The molecule has 2 aliphatic heterocycles. The van der Waals surface area contributed by atoms with Gasteiger partial charge in [0, 0.05) is 22.7 Å². The molecular formula is C56H78N10O8Si3. The first kappa shape index (κ1) is 60.2. The van der Waals surface area contributed by atoms with E-state index >= 15 is 0 Å². The van der Waals surface area contributed by atoms with Gasteiger partial charge in [0.15, 0.2) is 42.1 Å². The van der Waals surface area contributed by atoms with Gasteiger partial charge < -0.3 is 34.4 Å². The lowest BCUT2D eigenvalue weighted by atomic mass is 9.91. The van der Waals surface area contributed by atoms with Crippen molar-refractivity contribution in [1.82, 2.24) is 29.2 Å². The molecule has 0 radical (unpaired) electrons. The minimum absolute atomic E-state index is 0.00509. The Labute approximate surface area is 456 Å². The summed E-state index contributed by atoms with van der Waals surface area (Å²) in [4.78, 5) is 38.0. The molecule has 412 valence electrons. The van der Waals surface area contributed by atoms with Crippen LogP contribution in [0.4, 0.5) is 11.6 Å². The van der Waals surface area contributed by atoms with E-state index in [1.165, 1.54) is 12.7 Å². The van der Waals surface area contributed by atoms with Crippen molar-refractivity contribution in [2.45, 2.75) is 161 Å². The first-order valence-electron chi connectivity index (χ1n) is 26.1. The van der Waals surface area contributed by atoms with E-state index in [1.807, 2.05) is 76.0 Å². The van der Waals surface area contributed by atoms with Crippen LogP contribution in [0.3, 0.4) is 0 Å². The number of nitriles is 1. The predicted molar refractivity (Wildman–Crippen MR) is 306 cm³/mol. The van der Waals surface area contributed by atoms with Crippen LogP contribution < -0.4 is 10.6 Å². The summed E-state index contributed by atoms with van der Waals surface area (Å²) >= 11 is 0. The summed E-state index contributed by atoms with van der Waals surface area (Å²) in [5.74, 6) is -2.15. The summed E-state index contributed by atoms with van der Waals surface area (Å²) in [6.45, 7) is 41.1. The highest BCUT2D eigenvalue weighted by Crippen LogP contribution is 2.52. The lowest BCUT2D eigenvalue weighted by molar-refractivity contribution is -0.231. The van der Waals surface area contributed by atoms with E-state index in [-0.39, 0.29) is 33.9 Å². The summed E-state index contributed by atoms with van der Waals surface area (Å²) in [5, 5.41) is 43.8. The second-order valence-electron chi connectivity index (χ2n) is 24.0. The molecule has 6 aromatic rings. The van der Waals surface area contributed by atoms with Gasteiger partial charge in [0.1, 0.15) is 35.9 Å². The molecule has 8 atom stereocenters. The quantitative estimate of drug-likeness (QED) is 0.0662. The molecule has 4 aromatic heterocycles. The van der Waals surface area contributed by atoms with E-state index in [2.05, 4.69) is 116 Å². The number of nitrogens with zero attached hydrogens (tertiary/aromatic N) is 8. The number of rotatable bonds is 12. The molecule has 2 aliphatic rings. The molecule has 0 bridgehead atoms. The Hall–Kier alpha value is -5.99. The number of hydrogen-bond acceptors (Lipinski definition) is 13. The van der Waals surface area contributed by atoms with Crippen molar-refractivity contribution in [2.24, 2.45) is 11.8 Å². The zero-order chi connectivity index (χ0) is 57.1. The number of aliphatic hydroxyl groups is 2. The molecule has 0 saturated carbocycles. The average molecular weight is 1100 g/mol. The maximum Gasteiger partial charge on any atom is 0.342 e. The van der Waals surface area contributed by atoms with Gasteiger partial charge in [-0.3, -0.25) is 19.2 Å². The van der Waals surface area contributed by atoms with Gasteiger partial charge in [-0.05, 0) is 91.7 Å². The van der Waals surface area contributed by atoms with Crippen molar-refractivity contribution >= 4 is 59.2 Å². The number of anilines is 2. The molecule has 4 N–H and O–H groups in total. The lowest BCUT2D eigenvalue weighted by Gasteiger charge is -2.40. The van der Waals surface area contributed by atoms with Crippen LogP contribution in [0.1, 0.15) is 113 Å². The molecule has 2 unspecified atom stereocenters. The molecule has 0 spiro atoms. The van der Waals surface area contributed by atoms with E-state index in [4.69, 9.17) is 30.2 Å². The van der Waals surface area contributed by atoms with Crippen molar-refractivity contribution in [3.05, 3.63) is 132 Å². The Kier molecular flexibility index (Phi) is 18.1. The standard InChI is InChI=1S/C27H35N5O3Si.C25H34N4O5Si.C4H9NSi/c1-9-27(28-6)18(2)22(35-36(7,8)26(3,4)5)23(34-27)20-15-16-21-24(29-17-30-32(20)21)31-25(33)19-13-11-10-12-14-19;1-16-20(34-35(5,6)24(2,3)4)21(33-25(16,32)14-30)18-12-13-19-22(26-15-27-29(18)19)28-23(31)17-10-8-7-9-11-17;1-6(2,3)4-5/h10-18,22-23H,9H2,1-5,7-8H3,(H,29,30,31,33);7-13,15-16,20-21,30,32H,14H2,1-6H3,(H,26,27,28,31);1-3H3/t18-,22+,23-,27?;16-,20+,21-,25?;/m00./s1. The molecule has 2 aromatic carbocycles. The van der Waals surface area contributed by atoms with Crippen LogP contribution in [0.25, 0.3) is 15.9 Å². The van der Waals surface area contributed by atoms with Gasteiger partial charge in [-0.1, -0.05) is 111 Å². The predicted octanol–water partition coefficient (Wildman–Crippen LogP) is 11.3. The first-order chi connectivity index (χ1) is 35.9. The van der Waals surface area contributed by atoms with Crippen molar-refractivity contribution in [2.75, 3.05) is 17.2 Å². The van der Waals surface area contributed by atoms with Crippen LogP contribution in [-0.2, 0) is 18.3 Å². The largest absolute Gasteiger partial charge is 0.410 e. The third-order valence-corrected chi connectivity index (χ3v) is 25.1. The number of carbonyl (C=O) groups is 2. The third kappa shape index (κ3) is 13.0. The van der Waals surface area contributed by atoms with Crippen molar-refractivity contribution in [3.63, 3.8) is 0 Å². The smallest absolute Gasteiger partial charge is 0.342 e. The summed E-state index contributed by atoms with van der Waals surface area (Å²) in [6, 6.07) is 25.3. The summed E-state index contributed by atoms with van der Waals surface area (Å²) < 4.78 is 29.6. The highest BCUT2D eigenvalue weighted by molar-refractivity contribution is 6.83. The fraction of sp³-hybridized carbons (Fsp3) is 0.500. The van der Waals surface area contributed by atoms with E-state index < -0.39 is 67.1 Å². The number of ether oxygens (including phenoxy) is 2. The van der Waals surface area contributed by atoms with Crippen LogP contribution in [-0.4, -0.2) is 106 Å². The SMILES string of the molecule is C[C@H]1[C@@H](O[Si](C)(C)C(C)(C)C)[C@H](c2ccc3c(NC(=O)c4ccccc4)ncnn23)OC1(O)CO.C[Si](C)(C)C#N.[C-]#[N+]C1(CC)O[C@@H](c2ccc3c(NC(=O)c4ccccc4)ncnn23)[C@H](O[Si](C)(C)C(C)(C)C)[C@@H]1C. The zero-order valence-corrected chi connectivity index (χ0v) is 50.5. The maximum absolute atomic E-state index is 12.8. The fourth-order valence-electron chi connectivity index (χ4n) is 8.51. The topological polar surface area (TPSA) is 224 Å². The molecule has 8 rings (SSSR count). The second kappa shape index (κ2) is 23.2. The number of aliphatic hydroxyl groups excluding tert-OH is 1. The van der Waals surface area contributed by atoms with Gasteiger partial charge in [0.2, 0.25) is 0 Å². The van der Waals surface area contributed by atoms with Crippen molar-refractivity contribution < 1.29 is 38.1 Å². The highest BCUT2D eigenvalue weighted by Gasteiger charge is 2.61. The van der Waals surface area contributed by atoms with Gasteiger partial charge in [0.25, 0.3) is 11.8 Å². The van der Waals surface area contributed by atoms with Gasteiger partial charge in [-0.15, -0.1) is 0 Å². The fourth-order valence-corrected chi connectivity index (χ4v) is 11.2. The summed E-state index contributed by atoms with van der Waals surface area (Å²) in [7, 11) is -5.75. The van der Waals surface area contributed by atoms with E-state index in [9.17, 15) is 19.8 Å². The average Bonchev–Trinajstić information content (AvgIpc) is 4.18. The minimum Gasteiger partial charge on any atom is -0.410 e. The number of aromatic nitrogens is 6. The van der Waals surface area contributed by atoms with E-state index in [0.29, 0.717) is 45.9 Å². The van der Waals surface area contributed by atoms with E-state index in [1.54, 1.807) is 51.5 Å². The lowest BCUT2D eigenvalue weighted by Crippen LogP contribution is -2.48. The van der Waals surface area contributed by atoms with Crippen LogP contribution >= 0.6 is 0 Å². The number of nitrogens with one attached hydrogen (secondary N) is 2. The second-order valence-corrected chi connectivity index (χ2v) is 38.2. The van der Waals surface area contributed by atoms with Crippen molar-refractivity contribution in [1.29, 1.82) is 5.26 Å². The number of benzene rings is 2.